The summed E-state index contributed by atoms with van der Waals surface area (Å²) in [6.07, 6.45) is 0. The van der Waals surface area contributed by atoms with E-state index in [9.17, 15) is 0 Å². The van der Waals surface area contributed by atoms with E-state index in [1.54, 1.807) is 0 Å². The Morgan fingerprint density at radius 1 is 0.341 bits per heavy atom. The maximum absolute atomic E-state index is 3.79. The van der Waals surface area contributed by atoms with Gasteiger partial charge in [0.2, 0.25) is 0 Å². The van der Waals surface area contributed by atoms with Crippen molar-refractivity contribution in [1.82, 2.24) is 4.57 Å². The molecule has 0 aliphatic heterocycles. The van der Waals surface area contributed by atoms with Gasteiger partial charge in [-0.05, 0) is 69.3 Å². The van der Waals surface area contributed by atoms with Crippen LogP contribution in [0.2, 0.25) is 0 Å². The average molecular weight is 627 g/mol. The van der Waals surface area contributed by atoms with Crippen molar-refractivity contribution in [2.24, 2.45) is 0 Å². The van der Waals surface area contributed by atoms with E-state index < -0.39 is 0 Å². The highest BCUT2D eigenvalue weighted by atomic mass is 79.9. The molecule has 1 nitrogen and oxygen atoms in total. The van der Waals surface area contributed by atoms with Crippen LogP contribution in [-0.4, -0.2) is 4.57 Å². The second kappa shape index (κ2) is 11.1. The van der Waals surface area contributed by atoms with E-state index in [0.717, 1.165) is 4.47 Å². The highest BCUT2D eigenvalue weighted by molar-refractivity contribution is 9.10. The van der Waals surface area contributed by atoms with Crippen molar-refractivity contribution < 1.29 is 0 Å². The van der Waals surface area contributed by atoms with Gasteiger partial charge in [-0.25, -0.2) is 0 Å². The molecule has 0 radical (unpaired) electrons. The van der Waals surface area contributed by atoms with E-state index in [1.165, 1.54) is 72.0 Å². The molecule has 0 atom stereocenters. The van der Waals surface area contributed by atoms with Gasteiger partial charge in [-0.1, -0.05) is 155 Å². The standard InChI is InChI=1S/C42H28BrN/c43-39-22-9-6-20-36(39)35-19-5-4-17-33(35)32-25-26-38-37-21-8-11-24-41(37)44(42(38)28-32)40-23-10-7-18-34(40)31-16-12-15-30(27-31)29-13-2-1-3-14-29/h1-28H. The lowest BCUT2D eigenvalue weighted by Crippen LogP contribution is -1.97. The van der Waals surface area contributed by atoms with Crippen molar-refractivity contribution in [3.05, 3.63) is 174 Å². The second-order valence-corrected chi connectivity index (χ2v) is 11.9. The molecule has 0 N–H and O–H groups in total. The van der Waals surface area contributed by atoms with Crippen LogP contribution in [0.25, 0.3) is 72.0 Å². The van der Waals surface area contributed by atoms with Gasteiger partial charge in [0.1, 0.15) is 0 Å². The number of nitrogens with zero attached hydrogens (tertiary/aromatic N) is 1. The molecule has 0 spiro atoms. The fraction of sp³-hybridized carbons (Fsp3) is 0. The summed E-state index contributed by atoms with van der Waals surface area (Å²) in [5, 5.41) is 2.50. The van der Waals surface area contributed by atoms with E-state index in [1.807, 2.05) is 0 Å². The van der Waals surface area contributed by atoms with Crippen molar-refractivity contribution in [2.45, 2.75) is 0 Å². The predicted molar refractivity (Wildman–Crippen MR) is 190 cm³/mol. The van der Waals surface area contributed by atoms with E-state index >= 15 is 0 Å². The molecule has 2 heteroatoms. The first kappa shape index (κ1) is 26.4. The number of halogens is 1. The Hall–Kier alpha value is -5.18. The van der Waals surface area contributed by atoms with Crippen LogP contribution in [0.4, 0.5) is 0 Å². The molecule has 0 aliphatic carbocycles. The van der Waals surface area contributed by atoms with Crippen molar-refractivity contribution in [3.63, 3.8) is 0 Å². The fourth-order valence-electron chi connectivity index (χ4n) is 6.46. The third-order valence-electron chi connectivity index (χ3n) is 8.50. The molecule has 0 bridgehead atoms. The summed E-state index contributed by atoms with van der Waals surface area (Å²) in [5.41, 5.74) is 13.2. The Kier molecular flexibility index (Phi) is 6.70. The summed E-state index contributed by atoms with van der Waals surface area (Å²) in [4.78, 5) is 0. The van der Waals surface area contributed by atoms with E-state index in [0.29, 0.717) is 0 Å². The van der Waals surface area contributed by atoms with E-state index in [-0.39, 0.29) is 0 Å². The molecular formula is C42H28BrN. The van der Waals surface area contributed by atoms with E-state index in [4.69, 9.17) is 0 Å². The fourth-order valence-corrected chi connectivity index (χ4v) is 6.95. The number of fused-ring (bicyclic) bond motifs is 3. The molecule has 7 aromatic carbocycles. The first-order valence-corrected chi connectivity index (χ1v) is 15.7. The van der Waals surface area contributed by atoms with Gasteiger partial charge in [0.05, 0.1) is 16.7 Å². The topological polar surface area (TPSA) is 4.93 Å². The van der Waals surface area contributed by atoms with Gasteiger partial charge in [-0.2, -0.15) is 0 Å². The predicted octanol–water partition coefficient (Wildman–Crippen LogP) is 12.2. The lowest BCUT2D eigenvalue weighted by atomic mass is 9.94. The third-order valence-corrected chi connectivity index (χ3v) is 9.19. The zero-order chi connectivity index (χ0) is 29.5. The Morgan fingerprint density at radius 3 is 1.77 bits per heavy atom. The van der Waals surface area contributed by atoms with Crippen LogP contribution in [-0.2, 0) is 0 Å². The van der Waals surface area contributed by atoms with Crippen LogP contribution in [0.5, 0.6) is 0 Å². The lowest BCUT2D eigenvalue weighted by molar-refractivity contribution is 1.18. The number of hydrogen-bond acceptors (Lipinski definition) is 0. The molecule has 8 aromatic rings. The lowest BCUT2D eigenvalue weighted by Gasteiger charge is -2.16. The van der Waals surface area contributed by atoms with Gasteiger partial charge >= 0.3 is 0 Å². The molecule has 8 rings (SSSR count). The zero-order valence-corrected chi connectivity index (χ0v) is 25.6. The van der Waals surface area contributed by atoms with Crippen molar-refractivity contribution in [2.75, 3.05) is 0 Å². The van der Waals surface area contributed by atoms with Crippen molar-refractivity contribution in [3.8, 4) is 50.2 Å². The molecule has 0 saturated heterocycles. The highest BCUT2D eigenvalue weighted by Crippen LogP contribution is 2.41. The summed E-state index contributed by atoms with van der Waals surface area (Å²) in [6, 6.07) is 61.1. The molecule has 0 unspecified atom stereocenters. The van der Waals surface area contributed by atoms with Crippen LogP contribution in [0.15, 0.2) is 174 Å². The summed E-state index contributed by atoms with van der Waals surface area (Å²) < 4.78 is 3.54. The Morgan fingerprint density at radius 2 is 0.932 bits per heavy atom. The number of benzene rings is 7. The van der Waals surface area contributed by atoms with Gasteiger partial charge in [-0.15, -0.1) is 0 Å². The van der Waals surface area contributed by atoms with Gasteiger partial charge in [0, 0.05) is 20.8 Å². The number of aromatic nitrogens is 1. The molecular weight excluding hydrogens is 598 g/mol. The Bertz CT molecular complexity index is 2290. The maximum atomic E-state index is 3.79. The van der Waals surface area contributed by atoms with E-state index in [2.05, 4.69) is 190 Å². The normalized spacial score (nSPS) is 11.3. The summed E-state index contributed by atoms with van der Waals surface area (Å²) >= 11 is 3.79. The number of hydrogen-bond donors (Lipinski definition) is 0. The highest BCUT2D eigenvalue weighted by Gasteiger charge is 2.17. The minimum Gasteiger partial charge on any atom is -0.309 e. The average Bonchev–Trinajstić information content (AvgIpc) is 3.42. The molecule has 1 heterocycles. The summed E-state index contributed by atoms with van der Waals surface area (Å²) in [6.45, 7) is 0. The van der Waals surface area contributed by atoms with Crippen LogP contribution in [0.3, 0.4) is 0 Å². The molecule has 0 amide bonds. The Labute approximate surface area is 265 Å². The molecule has 208 valence electrons. The minimum absolute atomic E-state index is 1.09. The van der Waals surface area contributed by atoms with Crippen molar-refractivity contribution in [1.29, 1.82) is 0 Å². The molecule has 1 aromatic heterocycles. The first-order valence-electron chi connectivity index (χ1n) is 14.9. The molecule has 44 heavy (non-hydrogen) atoms. The molecule has 0 saturated carbocycles. The van der Waals surface area contributed by atoms with Crippen LogP contribution < -0.4 is 0 Å². The maximum Gasteiger partial charge on any atom is 0.0547 e. The van der Waals surface area contributed by atoms with Crippen LogP contribution in [0, 0.1) is 0 Å². The monoisotopic (exact) mass is 625 g/mol. The first-order chi connectivity index (χ1) is 21.8. The largest absolute Gasteiger partial charge is 0.309 e. The molecule has 0 aliphatic rings. The Balaban J connectivity index is 1.36. The number of rotatable bonds is 5. The minimum atomic E-state index is 1.09. The number of para-hydroxylation sites is 2. The second-order valence-electron chi connectivity index (χ2n) is 11.1. The van der Waals surface area contributed by atoms with Crippen LogP contribution >= 0.6 is 15.9 Å². The quantitative estimate of drug-likeness (QED) is 0.179. The van der Waals surface area contributed by atoms with Crippen LogP contribution in [0.1, 0.15) is 0 Å². The third kappa shape index (κ3) is 4.56. The molecule has 0 fully saturated rings. The van der Waals surface area contributed by atoms with Gasteiger partial charge in [0.25, 0.3) is 0 Å². The smallest absolute Gasteiger partial charge is 0.0547 e. The van der Waals surface area contributed by atoms with Gasteiger partial charge < -0.3 is 4.57 Å². The summed E-state index contributed by atoms with van der Waals surface area (Å²) in [7, 11) is 0. The van der Waals surface area contributed by atoms with Gasteiger partial charge in [0.15, 0.2) is 0 Å². The van der Waals surface area contributed by atoms with Gasteiger partial charge in [-0.3, -0.25) is 0 Å². The SMILES string of the molecule is Brc1ccccc1-c1ccccc1-c1ccc2c3ccccc3n(-c3ccccc3-c3cccc(-c4ccccc4)c3)c2c1. The summed E-state index contributed by atoms with van der Waals surface area (Å²) in [5.74, 6) is 0. The zero-order valence-electron chi connectivity index (χ0n) is 24.0. The van der Waals surface area contributed by atoms with Crippen molar-refractivity contribution >= 4 is 37.7 Å².